The van der Waals surface area contributed by atoms with Crippen molar-refractivity contribution in [1.29, 1.82) is 5.26 Å². The summed E-state index contributed by atoms with van der Waals surface area (Å²) in [6, 6.07) is 3.11. The van der Waals surface area contributed by atoms with Gasteiger partial charge in [-0.2, -0.15) is 5.26 Å². The molecular formula is C12H13N3O6. The summed E-state index contributed by atoms with van der Waals surface area (Å²) in [6.07, 6.45) is 0. The lowest BCUT2D eigenvalue weighted by molar-refractivity contribution is -0.386. The largest absolute Gasteiger partial charge is 0.500 e. The molecule has 0 bridgehead atoms. The molecule has 0 aliphatic heterocycles. The molecule has 0 heterocycles. The first-order valence-electron chi connectivity index (χ1n) is 5.68. The maximum Gasteiger partial charge on any atom is 0.317 e. The number of carboxylic acid groups (broad SMARTS) is 1. The Labute approximate surface area is 119 Å². The number of nitro benzene ring substituents is 1. The van der Waals surface area contributed by atoms with Crippen LogP contribution in [0.1, 0.15) is 11.6 Å². The molecule has 0 aliphatic rings. The summed E-state index contributed by atoms with van der Waals surface area (Å²) in [4.78, 5) is 22.0. The topological polar surface area (TPSA) is 137 Å². The van der Waals surface area contributed by atoms with E-state index in [2.05, 4.69) is 0 Å². The van der Waals surface area contributed by atoms with Crippen LogP contribution >= 0.6 is 0 Å². The Balaban J connectivity index is 3.34. The van der Waals surface area contributed by atoms with Crippen LogP contribution < -0.4 is 4.74 Å². The third kappa shape index (κ3) is 3.58. The fourth-order valence-electron chi connectivity index (χ4n) is 1.80. The standard InChI is InChI=1S/C12H13N3O6/c1-14(6-11(16)17)9(5-13)7-3-8(15(19)20)12(18)10(4-7)21-2/h3-4,9,18H,6H2,1-2H3,(H,16,17). The number of phenolic OH excluding ortho intramolecular Hbond substituents is 1. The molecule has 2 N–H and O–H groups in total. The first-order chi connectivity index (χ1) is 9.81. The van der Waals surface area contributed by atoms with Crippen LogP contribution in [0, 0.1) is 21.4 Å². The molecule has 1 aromatic rings. The highest BCUT2D eigenvalue weighted by molar-refractivity contribution is 5.69. The number of methoxy groups -OCH3 is 1. The monoisotopic (exact) mass is 295 g/mol. The zero-order chi connectivity index (χ0) is 16.2. The van der Waals surface area contributed by atoms with E-state index in [-0.39, 0.29) is 11.3 Å². The van der Waals surface area contributed by atoms with Crippen LogP contribution in [-0.2, 0) is 4.79 Å². The van der Waals surface area contributed by atoms with E-state index in [0.717, 1.165) is 6.07 Å². The van der Waals surface area contributed by atoms with Crippen molar-refractivity contribution in [3.8, 4) is 17.6 Å². The molecule has 9 heteroatoms. The van der Waals surface area contributed by atoms with Crippen molar-refractivity contribution in [3.63, 3.8) is 0 Å². The first-order valence-corrected chi connectivity index (χ1v) is 5.68. The predicted octanol–water partition coefficient (Wildman–Crippen LogP) is 0.890. The van der Waals surface area contributed by atoms with Gasteiger partial charge in [-0.25, -0.2) is 0 Å². The van der Waals surface area contributed by atoms with Gasteiger partial charge in [0.2, 0.25) is 5.75 Å². The number of phenols is 1. The van der Waals surface area contributed by atoms with Crippen LogP contribution in [0.2, 0.25) is 0 Å². The molecule has 0 saturated heterocycles. The third-order valence-corrected chi connectivity index (χ3v) is 2.76. The maximum atomic E-state index is 10.9. The normalized spacial score (nSPS) is 11.7. The Bertz CT molecular complexity index is 610. The number of aliphatic carboxylic acids is 1. The molecule has 1 aromatic carbocycles. The van der Waals surface area contributed by atoms with Crippen molar-refractivity contribution in [2.45, 2.75) is 6.04 Å². The lowest BCUT2D eigenvalue weighted by Gasteiger charge is -2.21. The minimum atomic E-state index is -1.14. The number of nitro groups is 1. The molecule has 0 aromatic heterocycles. The number of carboxylic acids is 1. The highest BCUT2D eigenvalue weighted by Crippen LogP contribution is 2.39. The molecule has 0 spiro atoms. The zero-order valence-electron chi connectivity index (χ0n) is 11.3. The molecule has 1 atom stereocenters. The molecule has 1 unspecified atom stereocenters. The van der Waals surface area contributed by atoms with E-state index < -0.39 is 34.9 Å². The third-order valence-electron chi connectivity index (χ3n) is 2.76. The van der Waals surface area contributed by atoms with Crippen LogP contribution in [0.4, 0.5) is 5.69 Å². The van der Waals surface area contributed by atoms with Gasteiger partial charge in [0.25, 0.3) is 0 Å². The number of rotatable bonds is 6. The van der Waals surface area contributed by atoms with Crippen LogP contribution in [0.15, 0.2) is 12.1 Å². The molecule has 0 saturated carbocycles. The molecular weight excluding hydrogens is 282 g/mol. The van der Waals surface area contributed by atoms with Gasteiger partial charge in [0.15, 0.2) is 5.75 Å². The second kappa shape index (κ2) is 6.53. The van der Waals surface area contributed by atoms with Gasteiger partial charge in [-0.3, -0.25) is 19.8 Å². The second-order valence-corrected chi connectivity index (χ2v) is 4.19. The molecule has 0 aliphatic carbocycles. The van der Waals surface area contributed by atoms with Gasteiger partial charge >= 0.3 is 11.7 Å². The van der Waals surface area contributed by atoms with Gasteiger partial charge in [0.1, 0.15) is 6.04 Å². The van der Waals surface area contributed by atoms with Crippen LogP contribution in [-0.4, -0.2) is 46.7 Å². The summed E-state index contributed by atoms with van der Waals surface area (Å²) >= 11 is 0. The number of benzene rings is 1. The molecule has 1 rings (SSSR count). The number of ether oxygens (including phenoxy) is 1. The number of likely N-dealkylation sites (N-methyl/N-ethyl adjacent to an activating group) is 1. The van der Waals surface area contributed by atoms with Crippen LogP contribution in [0.3, 0.4) is 0 Å². The lowest BCUT2D eigenvalue weighted by Crippen LogP contribution is -2.29. The SMILES string of the molecule is COc1cc(C(C#N)N(C)CC(=O)O)cc([N+](=O)[O-])c1O. The van der Waals surface area contributed by atoms with E-state index in [1.165, 1.54) is 25.1 Å². The van der Waals surface area contributed by atoms with Gasteiger partial charge < -0.3 is 14.9 Å². The highest BCUT2D eigenvalue weighted by atomic mass is 16.6. The van der Waals surface area contributed by atoms with Crippen molar-refractivity contribution >= 4 is 11.7 Å². The zero-order valence-corrected chi connectivity index (χ0v) is 11.3. The van der Waals surface area contributed by atoms with Crippen molar-refractivity contribution in [1.82, 2.24) is 4.90 Å². The number of carbonyl (C=O) groups is 1. The highest BCUT2D eigenvalue weighted by Gasteiger charge is 2.26. The van der Waals surface area contributed by atoms with Gasteiger partial charge in [-0.1, -0.05) is 0 Å². The Morgan fingerprint density at radius 3 is 2.67 bits per heavy atom. The number of hydrogen-bond donors (Lipinski definition) is 2. The Morgan fingerprint density at radius 1 is 1.62 bits per heavy atom. The minimum Gasteiger partial charge on any atom is -0.500 e. The van der Waals surface area contributed by atoms with E-state index in [1.807, 2.05) is 6.07 Å². The molecule has 0 fully saturated rings. The van der Waals surface area contributed by atoms with E-state index in [0.29, 0.717) is 0 Å². The summed E-state index contributed by atoms with van der Waals surface area (Å²) in [7, 11) is 2.61. The summed E-state index contributed by atoms with van der Waals surface area (Å²) in [5, 5.41) is 38.5. The Morgan fingerprint density at radius 2 is 2.24 bits per heavy atom. The molecule has 112 valence electrons. The number of nitriles is 1. The van der Waals surface area contributed by atoms with Gasteiger partial charge in [-0.15, -0.1) is 0 Å². The molecule has 9 nitrogen and oxygen atoms in total. The van der Waals surface area contributed by atoms with E-state index in [9.17, 15) is 20.0 Å². The Hall–Kier alpha value is -2.86. The Kier molecular flexibility index (Phi) is 5.04. The van der Waals surface area contributed by atoms with Crippen molar-refractivity contribution in [3.05, 3.63) is 27.8 Å². The van der Waals surface area contributed by atoms with E-state index in [4.69, 9.17) is 15.1 Å². The van der Waals surface area contributed by atoms with Gasteiger partial charge in [-0.05, 0) is 18.7 Å². The first kappa shape index (κ1) is 16.2. The fraction of sp³-hybridized carbons (Fsp3) is 0.333. The van der Waals surface area contributed by atoms with Crippen LogP contribution in [0.5, 0.6) is 11.5 Å². The predicted molar refractivity (Wildman–Crippen MR) is 69.9 cm³/mol. The van der Waals surface area contributed by atoms with Crippen LogP contribution in [0.25, 0.3) is 0 Å². The van der Waals surface area contributed by atoms with Crippen molar-refractivity contribution in [2.24, 2.45) is 0 Å². The number of nitrogens with zero attached hydrogens (tertiary/aromatic N) is 3. The number of hydrogen-bond acceptors (Lipinski definition) is 7. The molecule has 0 amide bonds. The summed E-state index contributed by atoms with van der Waals surface area (Å²) < 4.78 is 4.83. The van der Waals surface area contributed by atoms with Gasteiger partial charge in [0.05, 0.1) is 24.6 Å². The van der Waals surface area contributed by atoms with E-state index in [1.54, 1.807) is 0 Å². The minimum absolute atomic E-state index is 0.155. The van der Waals surface area contributed by atoms with E-state index >= 15 is 0 Å². The molecule has 0 radical (unpaired) electrons. The average molecular weight is 295 g/mol. The molecule has 21 heavy (non-hydrogen) atoms. The van der Waals surface area contributed by atoms with Crippen molar-refractivity contribution in [2.75, 3.05) is 20.7 Å². The van der Waals surface area contributed by atoms with Crippen molar-refractivity contribution < 1.29 is 24.7 Å². The van der Waals surface area contributed by atoms with Gasteiger partial charge in [0, 0.05) is 6.07 Å². The number of aromatic hydroxyl groups is 1. The second-order valence-electron chi connectivity index (χ2n) is 4.19. The summed E-state index contributed by atoms with van der Waals surface area (Å²) in [5.41, 5.74) is -0.462. The fourth-order valence-corrected chi connectivity index (χ4v) is 1.80. The summed E-state index contributed by atoms with van der Waals surface area (Å²) in [5.74, 6) is -1.95. The smallest absolute Gasteiger partial charge is 0.317 e. The average Bonchev–Trinajstić information content (AvgIpc) is 2.39. The quantitative estimate of drug-likeness (QED) is 0.583. The lowest BCUT2D eigenvalue weighted by atomic mass is 10.0. The summed E-state index contributed by atoms with van der Waals surface area (Å²) in [6.45, 7) is -0.421. The maximum absolute atomic E-state index is 10.9.